The van der Waals surface area contributed by atoms with Crippen LogP contribution in [-0.2, 0) is 12.6 Å². The molecule has 2 N–H and O–H groups in total. The number of amides is 1. The number of hydrogen-bond donors (Lipinski definition) is 2. The van der Waals surface area contributed by atoms with Crippen molar-refractivity contribution in [1.82, 2.24) is 24.5 Å². The van der Waals surface area contributed by atoms with Gasteiger partial charge in [0.1, 0.15) is 17.8 Å². The summed E-state index contributed by atoms with van der Waals surface area (Å²) in [4.78, 5) is 32.2. The molecule has 2 bridgehead atoms. The van der Waals surface area contributed by atoms with E-state index >= 15 is 0 Å². The predicted molar refractivity (Wildman–Crippen MR) is 176 cm³/mol. The minimum absolute atomic E-state index is 0.0670. The van der Waals surface area contributed by atoms with E-state index in [2.05, 4.69) is 47.5 Å². The zero-order valence-electron chi connectivity index (χ0n) is 26.0. The van der Waals surface area contributed by atoms with Gasteiger partial charge in [-0.1, -0.05) is 49.7 Å². The Morgan fingerprint density at radius 3 is 2.63 bits per heavy atom. The van der Waals surface area contributed by atoms with Gasteiger partial charge in [-0.05, 0) is 65.8 Å². The number of nitriles is 1. The molecule has 0 saturated heterocycles. The Morgan fingerprint density at radius 1 is 1.22 bits per heavy atom. The van der Waals surface area contributed by atoms with Crippen LogP contribution in [0.2, 0.25) is 5.02 Å². The Hall–Kier alpha value is -4.95. The number of rotatable bonds is 7. The van der Waals surface area contributed by atoms with Crippen molar-refractivity contribution in [1.29, 1.82) is 5.26 Å². The van der Waals surface area contributed by atoms with Crippen molar-refractivity contribution >= 4 is 50.7 Å². The Labute approximate surface area is 270 Å². The number of pyridine rings is 2. The molecule has 1 atom stereocenters. The number of anilines is 2. The van der Waals surface area contributed by atoms with E-state index in [1.54, 1.807) is 37.5 Å². The number of halogens is 1. The molecule has 12 heteroatoms. The monoisotopic (exact) mass is 636 g/mol. The first-order chi connectivity index (χ1) is 21.9. The maximum Gasteiger partial charge on any atom is 0.412 e. The van der Waals surface area contributed by atoms with Crippen LogP contribution in [0.4, 0.5) is 16.2 Å². The van der Waals surface area contributed by atoms with Gasteiger partial charge in [0.15, 0.2) is 0 Å². The normalized spacial score (nSPS) is 19.3. The molecule has 3 fully saturated rings. The Bertz CT molecular complexity index is 2140. The van der Waals surface area contributed by atoms with E-state index in [-0.39, 0.29) is 27.2 Å². The summed E-state index contributed by atoms with van der Waals surface area (Å²) in [5.41, 5.74) is 2.15. The van der Waals surface area contributed by atoms with E-state index in [4.69, 9.17) is 11.6 Å². The number of benzene rings is 2. The molecule has 0 radical (unpaired) electrons. The molecule has 11 nitrogen and oxygen atoms in total. The van der Waals surface area contributed by atoms with Gasteiger partial charge in [0, 0.05) is 36.8 Å². The van der Waals surface area contributed by atoms with Gasteiger partial charge in [-0.3, -0.25) is 14.7 Å². The predicted octanol–water partition coefficient (Wildman–Crippen LogP) is 6.44. The summed E-state index contributed by atoms with van der Waals surface area (Å²) in [6, 6.07) is 11.6. The van der Waals surface area contributed by atoms with E-state index in [0.29, 0.717) is 56.6 Å². The zero-order valence-corrected chi connectivity index (χ0v) is 26.7. The van der Waals surface area contributed by atoms with Crippen LogP contribution in [0, 0.1) is 22.7 Å². The van der Waals surface area contributed by atoms with E-state index < -0.39 is 12.1 Å². The molecule has 0 aliphatic heterocycles. The molecule has 1 amide bonds. The van der Waals surface area contributed by atoms with E-state index in [9.17, 15) is 20.0 Å². The first kappa shape index (κ1) is 29.7. The summed E-state index contributed by atoms with van der Waals surface area (Å²) in [5.74, 6) is 0.709. The summed E-state index contributed by atoms with van der Waals surface area (Å²) in [6.07, 6.45) is 6.82. The van der Waals surface area contributed by atoms with Crippen LogP contribution >= 0.6 is 11.6 Å². The van der Waals surface area contributed by atoms with Gasteiger partial charge >= 0.3 is 6.09 Å². The first-order valence-corrected chi connectivity index (χ1v) is 15.6. The Morgan fingerprint density at radius 2 is 1.98 bits per heavy atom. The van der Waals surface area contributed by atoms with Crippen molar-refractivity contribution in [2.24, 2.45) is 18.4 Å². The number of hydrogen-bond acceptors (Lipinski definition) is 7. The zero-order chi connectivity index (χ0) is 32.5. The van der Waals surface area contributed by atoms with Crippen LogP contribution < -0.4 is 15.8 Å². The highest BCUT2D eigenvalue weighted by atomic mass is 35.5. The standard InChI is InChI=1S/C34H33ClN8O3/c1-33(2,3)18-38-28-20(15-36)16-37-29-25(28)10-21(11-26(29)35)43(32(45)46)30(27-17-42(40-39-27)34-12-19(13-34)14-34)23-6-5-7-24-22(23)8-9-41(4)31(24)44/h5-11,16-17,19,30H,12-14,18H2,1-4H3,(H,37,38)(H,45,46)/t19?,30-,34?/m0/s1. The van der Waals surface area contributed by atoms with Crippen LogP contribution in [0.5, 0.6) is 0 Å². The molecule has 234 valence electrons. The van der Waals surface area contributed by atoms with Gasteiger partial charge in [-0.25, -0.2) is 9.48 Å². The molecule has 3 heterocycles. The lowest BCUT2D eigenvalue weighted by atomic mass is 9.50. The highest BCUT2D eigenvalue weighted by molar-refractivity contribution is 6.36. The van der Waals surface area contributed by atoms with Gasteiger partial charge in [0.05, 0.1) is 39.2 Å². The lowest BCUT2D eigenvalue weighted by Crippen LogP contribution is -2.59. The van der Waals surface area contributed by atoms with Crippen LogP contribution in [0.25, 0.3) is 21.7 Å². The third-order valence-corrected chi connectivity index (χ3v) is 9.59. The minimum Gasteiger partial charge on any atom is -0.465 e. The molecular formula is C34H33ClN8O3. The second kappa shape index (κ2) is 10.6. The summed E-state index contributed by atoms with van der Waals surface area (Å²) in [6.45, 7) is 6.76. The molecule has 2 aromatic carbocycles. The summed E-state index contributed by atoms with van der Waals surface area (Å²) < 4.78 is 3.37. The highest BCUT2D eigenvalue weighted by Gasteiger charge is 2.59. The van der Waals surface area contributed by atoms with Gasteiger partial charge in [-0.15, -0.1) is 5.10 Å². The third-order valence-electron chi connectivity index (χ3n) is 9.30. The number of carbonyl (C=O) groups is 1. The largest absolute Gasteiger partial charge is 0.465 e. The molecular weight excluding hydrogens is 604 g/mol. The van der Waals surface area contributed by atoms with Gasteiger partial charge < -0.3 is 15.0 Å². The SMILES string of the molecule is Cn1ccc2c([C@@H](c3cn(C45CC(C4)C5)nn3)N(C(=O)O)c3cc(Cl)c4ncc(C#N)c(NCC(C)(C)C)c4c3)cccc2c1=O. The topological polar surface area (TPSA) is 142 Å². The molecule has 5 aromatic rings. The third kappa shape index (κ3) is 4.75. The van der Waals surface area contributed by atoms with E-state index in [1.165, 1.54) is 15.7 Å². The molecule has 0 unspecified atom stereocenters. The maximum absolute atomic E-state index is 13.4. The van der Waals surface area contributed by atoms with Crippen LogP contribution in [0.1, 0.15) is 62.9 Å². The quantitative estimate of drug-likeness (QED) is 0.208. The number of carboxylic acid groups (broad SMARTS) is 1. The molecule has 3 aliphatic carbocycles. The maximum atomic E-state index is 13.4. The average molecular weight is 637 g/mol. The van der Waals surface area contributed by atoms with E-state index in [0.717, 1.165) is 19.3 Å². The summed E-state index contributed by atoms with van der Waals surface area (Å²) in [5, 5.41) is 35.1. The molecule has 3 aromatic heterocycles. The van der Waals surface area contributed by atoms with Gasteiger partial charge in [-0.2, -0.15) is 5.26 Å². The van der Waals surface area contributed by atoms with Crippen molar-refractivity contribution < 1.29 is 9.90 Å². The fraction of sp³-hybridized carbons (Fsp3) is 0.353. The number of aromatic nitrogens is 5. The fourth-order valence-corrected chi connectivity index (χ4v) is 7.06. The minimum atomic E-state index is -1.25. The molecule has 0 spiro atoms. The van der Waals surface area contributed by atoms with Crippen molar-refractivity contribution in [2.75, 3.05) is 16.8 Å². The Balaban J connectivity index is 1.46. The van der Waals surface area contributed by atoms with Crippen molar-refractivity contribution in [3.63, 3.8) is 0 Å². The van der Waals surface area contributed by atoms with E-state index in [1.807, 2.05) is 23.0 Å². The fourth-order valence-electron chi connectivity index (χ4n) is 6.80. The molecule has 3 saturated carbocycles. The van der Waals surface area contributed by atoms with Crippen molar-refractivity contribution in [2.45, 2.75) is 51.6 Å². The number of fused-ring (bicyclic) bond motifs is 2. The van der Waals surface area contributed by atoms with Crippen LogP contribution in [0.15, 0.2) is 59.8 Å². The van der Waals surface area contributed by atoms with Crippen LogP contribution in [-0.4, -0.2) is 42.3 Å². The lowest BCUT2D eigenvalue weighted by molar-refractivity contribution is -0.0989. The molecule has 8 rings (SSSR count). The number of aryl methyl sites for hydroxylation is 1. The van der Waals surface area contributed by atoms with Crippen LogP contribution in [0.3, 0.4) is 0 Å². The number of nitrogens with zero attached hydrogens (tertiary/aromatic N) is 7. The smallest absolute Gasteiger partial charge is 0.412 e. The average Bonchev–Trinajstić information content (AvgIpc) is 3.43. The first-order valence-electron chi connectivity index (χ1n) is 15.2. The molecule has 3 aliphatic rings. The second-order valence-electron chi connectivity index (χ2n) is 13.8. The Kier molecular flexibility index (Phi) is 6.83. The van der Waals surface area contributed by atoms with Crippen molar-refractivity contribution in [3.05, 3.63) is 87.2 Å². The van der Waals surface area contributed by atoms with Crippen molar-refractivity contribution in [3.8, 4) is 6.07 Å². The van der Waals surface area contributed by atoms with Gasteiger partial charge in [0.2, 0.25) is 0 Å². The lowest BCUT2D eigenvalue weighted by Gasteiger charge is -2.61. The summed E-state index contributed by atoms with van der Waals surface area (Å²) >= 11 is 6.83. The highest BCUT2D eigenvalue weighted by Crippen LogP contribution is 2.62. The summed E-state index contributed by atoms with van der Waals surface area (Å²) in [7, 11) is 1.68. The number of nitrogens with one attached hydrogen (secondary N) is 1. The van der Waals surface area contributed by atoms with Gasteiger partial charge in [0.25, 0.3) is 5.56 Å². The second-order valence-corrected chi connectivity index (χ2v) is 14.2. The molecule has 46 heavy (non-hydrogen) atoms.